The zero-order valence-corrected chi connectivity index (χ0v) is 12.8. The monoisotopic (exact) mass is 342 g/mol. The SMILES string of the molecule is NC(=S)c1ccc(Cl)cc1NC(=O)c1cccc(F)c1Cl. The fourth-order valence-corrected chi connectivity index (χ4v) is 2.27. The van der Waals surface area contributed by atoms with Crippen molar-refractivity contribution in [1.82, 2.24) is 0 Å². The fourth-order valence-electron chi connectivity index (χ4n) is 1.70. The van der Waals surface area contributed by atoms with Crippen molar-refractivity contribution in [2.24, 2.45) is 5.73 Å². The van der Waals surface area contributed by atoms with Crippen molar-refractivity contribution in [2.75, 3.05) is 5.32 Å². The van der Waals surface area contributed by atoms with Gasteiger partial charge in [-0.1, -0.05) is 41.5 Å². The predicted molar refractivity (Wildman–Crippen MR) is 86.7 cm³/mol. The Labute approximate surface area is 135 Å². The highest BCUT2D eigenvalue weighted by molar-refractivity contribution is 7.80. The highest BCUT2D eigenvalue weighted by Crippen LogP contribution is 2.24. The van der Waals surface area contributed by atoms with Crippen LogP contribution in [-0.2, 0) is 0 Å². The van der Waals surface area contributed by atoms with Crippen LogP contribution in [0.2, 0.25) is 10.0 Å². The molecule has 0 heterocycles. The van der Waals surface area contributed by atoms with E-state index in [9.17, 15) is 9.18 Å². The van der Waals surface area contributed by atoms with Gasteiger partial charge in [-0.25, -0.2) is 4.39 Å². The molecule has 108 valence electrons. The number of anilines is 1. The van der Waals surface area contributed by atoms with Crippen molar-refractivity contribution in [3.05, 3.63) is 63.4 Å². The van der Waals surface area contributed by atoms with E-state index in [0.717, 1.165) is 0 Å². The maximum Gasteiger partial charge on any atom is 0.257 e. The Morgan fingerprint density at radius 3 is 2.57 bits per heavy atom. The minimum Gasteiger partial charge on any atom is -0.389 e. The molecule has 2 aromatic rings. The minimum absolute atomic E-state index is 0.00512. The smallest absolute Gasteiger partial charge is 0.257 e. The fraction of sp³-hybridized carbons (Fsp3) is 0. The number of rotatable bonds is 3. The number of halogens is 3. The average molecular weight is 343 g/mol. The van der Waals surface area contributed by atoms with Crippen LogP contribution in [0.3, 0.4) is 0 Å². The molecular weight excluding hydrogens is 334 g/mol. The van der Waals surface area contributed by atoms with Gasteiger partial charge in [-0.05, 0) is 30.3 Å². The Kier molecular flexibility index (Phi) is 4.77. The Bertz CT molecular complexity index is 737. The molecule has 0 unspecified atom stereocenters. The number of nitrogens with two attached hydrogens (primary N) is 1. The standard InChI is InChI=1S/C14H9Cl2FN2OS/c15-7-4-5-8(13(18)21)11(6-7)19-14(20)9-2-1-3-10(17)12(9)16/h1-6H,(H2,18,21)(H,19,20). The summed E-state index contributed by atoms with van der Waals surface area (Å²) in [4.78, 5) is 12.3. The van der Waals surface area contributed by atoms with Crippen LogP contribution in [0.4, 0.5) is 10.1 Å². The molecule has 1 amide bonds. The first kappa shape index (κ1) is 15.7. The first-order valence-electron chi connectivity index (χ1n) is 5.75. The molecule has 0 saturated carbocycles. The number of carbonyl (C=O) groups is 1. The molecule has 0 bridgehead atoms. The van der Waals surface area contributed by atoms with Crippen molar-refractivity contribution in [3.63, 3.8) is 0 Å². The number of benzene rings is 2. The van der Waals surface area contributed by atoms with Gasteiger partial charge in [-0.3, -0.25) is 4.79 Å². The van der Waals surface area contributed by atoms with Crippen LogP contribution in [0.5, 0.6) is 0 Å². The summed E-state index contributed by atoms with van der Waals surface area (Å²) in [7, 11) is 0. The first-order valence-corrected chi connectivity index (χ1v) is 6.91. The van der Waals surface area contributed by atoms with E-state index in [1.807, 2.05) is 0 Å². The summed E-state index contributed by atoms with van der Waals surface area (Å²) in [5, 5.41) is 2.72. The molecule has 7 heteroatoms. The molecule has 0 saturated heterocycles. The van der Waals surface area contributed by atoms with E-state index < -0.39 is 11.7 Å². The van der Waals surface area contributed by atoms with Gasteiger partial charge in [0.2, 0.25) is 0 Å². The lowest BCUT2D eigenvalue weighted by Gasteiger charge is -2.11. The number of hydrogen-bond acceptors (Lipinski definition) is 2. The molecule has 2 aromatic carbocycles. The molecule has 0 radical (unpaired) electrons. The zero-order chi connectivity index (χ0) is 15.6. The minimum atomic E-state index is -0.676. The van der Waals surface area contributed by atoms with Gasteiger partial charge in [0.15, 0.2) is 0 Å². The maximum absolute atomic E-state index is 13.4. The normalized spacial score (nSPS) is 10.2. The van der Waals surface area contributed by atoms with Crippen molar-refractivity contribution in [3.8, 4) is 0 Å². The van der Waals surface area contributed by atoms with E-state index >= 15 is 0 Å². The van der Waals surface area contributed by atoms with Crippen molar-refractivity contribution in [2.45, 2.75) is 0 Å². The molecule has 3 nitrogen and oxygen atoms in total. The lowest BCUT2D eigenvalue weighted by molar-refractivity contribution is 0.102. The van der Waals surface area contributed by atoms with Gasteiger partial charge in [0.05, 0.1) is 16.3 Å². The zero-order valence-electron chi connectivity index (χ0n) is 10.5. The van der Waals surface area contributed by atoms with Gasteiger partial charge in [-0.15, -0.1) is 0 Å². The molecule has 21 heavy (non-hydrogen) atoms. The summed E-state index contributed by atoms with van der Waals surface area (Å²) in [6, 6.07) is 8.66. The Balaban J connectivity index is 2.38. The molecule has 0 spiro atoms. The van der Waals surface area contributed by atoms with E-state index in [0.29, 0.717) is 16.3 Å². The van der Waals surface area contributed by atoms with Gasteiger partial charge >= 0.3 is 0 Å². The summed E-state index contributed by atoms with van der Waals surface area (Å²) in [5.41, 5.74) is 6.38. The second-order valence-electron chi connectivity index (χ2n) is 4.11. The largest absolute Gasteiger partial charge is 0.389 e. The van der Waals surface area contributed by atoms with E-state index in [1.165, 1.54) is 24.3 Å². The second-order valence-corrected chi connectivity index (χ2v) is 5.36. The Morgan fingerprint density at radius 1 is 1.19 bits per heavy atom. The van der Waals surface area contributed by atoms with Crippen molar-refractivity contribution in [1.29, 1.82) is 0 Å². The van der Waals surface area contributed by atoms with E-state index in [4.69, 9.17) is 41.2 Å². The summed E-state index contributed by atoms with van der Waals surface area (Å²) in [6.45, 7) is 0. The van der Waals surface area contributed by atoms with Gasteiger partial charge < -0.3 is 11.1 Å². The molecule has 0 fully saturated rings. The second kappa shape index (κ2) is 6.39. The molecular formula is C14H9Cl2FN2OS. The van der Waals surface area contributed by atoms with E-state index in [1.54, 1.807) is 12.1 Å². The highest BCUT2D eigenvalue weighted by Gasteiger charge is 2.16. The number of nitrogens with one attached hydrogen (secondary N) is 1. The third-order valence-corrected chi connectivity index (χ3v) is 3.53. The van der Waals surface area contributed by atoms with Crippen LogP contribution in [0.15, 0.2) is 36.4 Å². The lowest BCUT2D eigenvalue weighted by atomic mass is 10.1. The molecule has 0 aliphatic rings. The average Bonchev–Trinajstić information content (AvgIpc) is 2.41. The van der Waals surface area contributed by atoms with Crippen LogP contribution in [0, 0.1) is 5.82 Å². The Hall–Kier alpha value is -1.69. The van der Waals surface area contributed by atoms with Crippen molar-refractivity contribution >= 4 is 52.0 Å². The predicted octanol–water partition coefficient (Wildman–Crippen LogP) is 4.02. The number of hydrogen-bond donors (Lipinski definition) is 2. The summed E-state index contributed by atoms with van der Waals surface area (Å²) >= 11 is 16.6. The van der Waals surface area contributed by atoms with Crippen LogP contribution in [0.1, 0.15) is 15.9 Å². The van der Waals surface area contributed by atoms with Crippen molar-refractivity contribution < 1.29 is 9.18 Å². The van der Waals surface area contributed by atoms with Crippen LogP contribution in [0.25, 0.3) is 0 Å². The summed E-state index contributed by atoms with van der Waals surface area (Å²) in [5.74, 6) is -1.26. The van der Waals surface area contributed by atoms with E-state index in [2.05, 4.69) is 5.32 Å². The Morgan fingerprint density at radius 2 is 1.90 bits per heavy atom. The molecule has 0 aliphatic carbocycles. The van der Waals surface area contributed by atoms with Gasteiger partial charge in [-0.2, -0.15) is 0 Å². The van der Waals surface area contributed by atoms with Crippen LogP contribution < -0.4 is 11.1 Å². The molecule has 0 aliphatic heterocycles. The number of carbonyl (C=O) groups excluding carboxylic acids is 1. The van der Waals surface area contributed by atoms with Gasteiger partial charge in [0.25, 0.3) is 5.91 Å². The molecule has 3 N–H and O–H groups in total. The third kappa shape index (κ3) is 3.50. The van der Waals surface area contributed by atoms with Gasteiger partial charge in [0.1, 0.15) is 10.8 Å². The quantitative estimate of drug-likeness (QED) is 0.828. The van der Waals surface area contributed by atoms with E-state index in [-0.39, 0.29) is 15.6 Å². The summed E-state index contributed by atoms with van der Waals surface area (Å²) < 4.78 is 13.4. The highest BCUT2D eigenvalue weighted by atomic mass is 35.5. The number of amides is 1. The van der Waals surface area contributed by atoms with Crippen LogP contribution >= 0.6 is 35.4 Å². The molecule has 0 atom stereocenters. The van der Waals surface area contributed by atoms with Crippen LogP contribution in [-0.4, -0.2) is 10.9 Å². The number of thiocarbonyl (C=S) groups is 1. The van der Waals surface area contributed by atoms with Gasteiger partial charge in [0, 0.05) is 10.6 Å². The lowest BCUT2D eigenvalue weighted by Crippen LogP contribution is -2.18. The third-order valence-electron chi connectivity index (χ3n) is 2.69. The summed E-state index contributed by atoms with van der Waals surface area (Å²) in [6.07, 6.45) is 0. The molecule has 0 aromatic heterocycles. The topological polar surface area (TPSA) is 55.1 Å². The molecule has 2 rings (SSSR count). The maximum atomic E-state index is 13.4. The first-order chi connectivity index (χ1) is 9.90.